The molecule has 0 bridgehead atoms. The molecule has 0 radical (unpaired) electrons. The fourth-order valence-electron chi connectivity index (χ4n) is 2.04. The van der Waals surface area contributed by atoms with Crippen LogP contribution in [0.4, 0.5) is 0 Å². The van der Waals surface area contributed by atoms with E-state index in [4.69, 9.17) is 0 Å². The zero-order valence-electron chi connectivity index (χ0n) is 11.3. The fraction of sp³-hybridized carbons (Fsp3) is 0.125. The van der Waals surface area contributed by atoms with E-state index in [1.165, 1.54) is 6.07 Å². The molecule has 104 valence electrons. The molecular weight excluding hydrogens is 284 g/mol. The lowest BCUT2D eigenvalue weighted by Gasteiger charge is -2.10. The first-order chi connectivity index (χ1) is 10.1. The Labute approximate surface area is 126 Å². The van der Waals surface area contributed by atoms with Crippen molar-refractivity contribution in [1.82, 2.24) is 0 Å². The van der Waals surface area contributed by atoms with Crippen molar-refractivity contribution < 1.29 is 10.2 Å². The summed E-state index contributed by atoms with van der Waals surface area (Å²) < 4.78 is 0. The molecular formula is C16H12N2O2S. The van der Waals surface area contributed by atoms with Gasteiger partial charge in [-0.1, -0.05) is 19.1 Å². The first-order valence-corrected chi connectivity index (χ1v) is 7.23. The predicted molar refractivity (Wildman–Crippen MR) is 81.0 cm³/mol. The summed E-state index contributed by atoms with van der Waals surface area (Å²) in [5.74, 6) is -0.0183. The van der Waals surface area contributed by atoms with Crippen molar-refractivity contribution in [3.63, 3.8) is 0 Å². The standard InChI is InChI=1S/C16H12N2O2S/c1-2-21-12-5-3-10(4-6-12)15-11(8-17)7-14(19)16(20)13(15)9-18/h3-7,19-20H,2H2,1H3. The Morgan fingerprint density at radius 1 is 1.10 bits per heavy atom. The Balaban J connectivity index is 2.65. The van der Waals surface area contributed by atoms with Gasteiger partial charge in [0, 0.05) is 16.5 Å². The molecule has 0 saturated carbocycles. The highest BCUT2D eigenvalue weighted by atomic mass is 32.2. The van der Waals surface area contributed by atoms with Crippen LogP contribution in [0.25, 0.3) is 11.1 Å². The van der Waals surface area contributed by atoms with Gasteiger partial charge in [-0.3, -0.25) is 0 Å². The van der Waals surface area contributed by atoms with Crippen LogP contribution in [-0.4, -0.2) is 16.0 Å². The van der Waals surface area contributed by atoms with Crippen molar-refractivity contribution in [2.24, 2.45) is 0 Å². The minimum Gasteiger partial charge on any atom is -0.504 e. The summed E-state index contributed by atoms with van der Waals surface area (Å²) in [7, 11) is 0. The van der Waals surface area contributed by atoms with Gasteiger partial charge in [0.25, 0.3) is 0 Å². The maximum absolute atomic E-state index is 9.81. The topological polar surface area (TPSA) is 88.0 Å². The third kappa shape index (κ3) is 2.79. The number of phenolic OH excluding ortho intramolecular Hbond substituents is 2. The second kappa shape index (κ2) is 6.21. The molecule has 0 aliphatic rings. The Bertz CT molecular complexity index is 756. The van der Waals surface area contributed by atoms with Gasteiger partial charge in [-0.15, -0.1) is 11.8 Å². The lowest BCUT2D eigenvalue weighted by molar-refractivity contribution is 0.402. The van der Waals surface area contributed by atoms with Crippen LogP contribution in [-0.2, 0) is 0 Å². The fourth-order valence-corrected chi connectivity index (χ4v) is 2.70. The Morgan fingerprint density at radius 3 is 2.29 bits per heavy atom. The van der Waals surface area contributed by atoms with Crippen molar-refractivity contribution in [3.05, 3.63) is 41.5 Å². The summed E-state index contributed by atoms with van der Waals surface area (Å²) in [5.41, 5.74) is 1.04. The molecule has 21 heavy (non-hydrogen) atoms. The van der Waals surface area contributed by atoms with Crippen LogP contribution >= 0.6 is 11.8 Å². The molecule has 2 N–H and O–H groups in total. The van der Waals surface area contributed by atoms with Gasteiger partial charge in [0.2, 0.25) is 0 Å². The largest absolute Gasteiger partial charge is 0.504 e. The van der Waals surface area contributed by atoms with Crippen molar-refractivity contribution in [3.8, 4) is 34.8 Å². The van der Waals surface area contributed by atoms with E-state index in [1.807, 2.05) is 24.3 Å². The number of nitriles is 2. The number of aromatic hydroxyl groups is 2. The van der Waals surface area contributed by atoms with E-state index >= 15 is 0 Å². The van der Waals surface area contributed by atoms with Crippen molar-refractivity contribution in [1.29, 1.82) is 10.5 Å². The van der Waals surface area contributed by atoms with E-state index in [9.17, 15) is 20.7 Å². The summed E-state index contributed by atoms with van der Waals surface area (Å²) in [6.45, 7) is 2.05. The van der Waals surface area contributed by atoms with Gasteiger partial charge >= 0.3 is 0 Å². The zero-order chi connectivity index (χ0) is 15.4. The van der Waals surface area contributed by atoms with E-state index in [1.54, 1.807) is 23.9 Å². The van der Waals surface area contributed by atoms with Crippen LogP contribution in [0.15, 0.2) is 35.2 Å². The second-order valence-electron chi connectivity index (χ2n) is 4.22. The molecule has 4 nitrogen and oxygen atoms in total. The highest BCUT2D eigenvalue weighted by molar-refractivity contribution is 7.99. The number of thioether (sulfide) groups is 1. The highest BCUT2D eigenvalue weighted by Gasteiger charge is 2.18. The van der Waals surface area contributed by atoms with Gasteiger partial charge in [0.1, 0.15) is 11.6 Å². The molecule has 0 aliphatic heterocycles. The van der Waals surface area contributed by atoms with Gasteiger partial charge < -0.3 is 10.2 Å². The molecule has 0 amide bonds. The van der Waals surface area contributed by atoms with Crippen LogP contribution < -0.4 is 0 Å². The van der Waals surface area contributed by atoms with Gasteiger partial charge in [-0.2, -0.15) is 10.5 Å². The third-order valence-electron chi connectivity index (χ3n) is 2.97. The highest BCUT2D eigenvalue weighted by Crippen LogP contribution is 2.39. The number of hydrogen-bond acceptors (Lipinski definition) is 5. The number of rotatable bonds is 3. The molecule has 0 heterocycles. The minimum atomic E-state index is -0.501. The van der Waals surface area contributed by atoms with Crippen molar-refractivity contribution in [2.75, 3.05) is 5.75 Å². The number of benzene rings is 2. The maximum atomic E-state index is 9.81. The van der Waals surface area contributed by atoms with Crippen LogP contribution in [0.1, 0.15) is 18.1 Å². The van der Waals surface area contributed by atoms with Gasteiger partial charge in [-0.25, -0.2) is 0 Å². The van der Waals surface area contributed by atoms with Gasteiger partial charge in [-0.05, 0) is 23.4 Å². The summed E-state index contributed by atoms with van der Waals surface area (Å²) in [5, 5.41) is 37.8. The molecule has 0 unspecified atom stereocenters. The van der Waals surface area contributed by atoms with Crippen LogP contribution in [0, 0.1) is 22.7 Å². The molecule has 2 aromatic carbocycles. The lowest BCUT2D eigenvalue weighted by atomic mass is 9.94. The van der Waals surface area contributed by atoms with Crippen LogP contribution in [0.5, 0.6) is 11.5 Å². The number of nitrogens with zero attached hydrogens (tertiary/aromatic N) is 2. The van der Waals surface area contributed by atoms with E-state index in [0.29, 0.717) is 11.1 Å². The van der Waals surface area contributed by atoms with E-state index < -0.39 is 11.5 Å². The second-order valence-corrected chi connectivity index (χ2v) is 5.56. The lowest BCUT2D eigenvalue weighted by Crippen LogP contribution is -1.91. The average molecular weight is 296 g/mol. The normalized spacial score (nSPS) is 9.86. The SMILES string of the molecule is CCSc1ccc(-c2c(C#N)cc(O)c(O)c2C#N)cc1. The van der Waals surface area contributed by atoms with Gasteiger partial charge in [0.15, 0.2) is 11.5 Å². The number of phenols is 2. The third-order valence-corrected chi connectivity index (χ3v) is 3.86. The molecule has 0 aliphatic carbocycles. The zero-order valence-corrected chi connectivity index (χ0v) is 12.1. The minimum absolute atomic E-state index is 0.0950. The molecule has 2 aromatic rings. The summed E-state index contributed by atoms with van der Waals surface area (Å²) in [6, 6.07) is 12.4. The molecule has 2 rings (SSSR count). The predicted octanol–water partition coefficient (Wildman–Crippen LogP) is 3.62. The van der Waals surface area contributed by atoms with E-state index in [2.05, 4.69) is 6.92 Å². The van der Waals surface area contributed by atoms with E-state index in [0.717, 1.165) is 10.6 Å². The molecule has 0 atom stereocenters. The first kappa shape index (κ1) is 14.8. The smallest absolute Gasteiger partial charge is 0.176 e. The molecule has 0 spiro atoms. The Hall–Kier alpha value is -2.63. The quantitative estimate of drug-likeness (QED) is 0.667. The summed E-state index contributed by atoms with van der Waals surface area (Å²) in [4.78, 5) is 1.08. The van der Waals surface area contributed by atoms with Gasteiger partial charge in [0.05, 0.1) is 11.6 Å². The van der Waals surface area contributed by atoms with Crippen LogP contribution in [0.2, 0.25) is 0 Å². The summed E-state index contributed by atoms with van der Waals surface area (Å²) >= 11 is 1.69. The molecule has 0 saturated heterocycles. The maximum Gasteiger partial charge on any atom is 0.176 e. The Kier molecular flexibility index (Phi) is 4.37. The molecule has 0 fully saturated rings. The first-order valence-electron chi connectivity index (χ1n) is 6.24. The monoisotopic (exact) mass is 296 g/mol. The Morgan fingerprint density at radius 2 is 1.76 bits per heavy atom. The van der Waals surface area contributed by atoms with E-state index in [-0.39, 0.29) is 11.1 Å². The van der Waals surface area contributed by atoms with Crippen molar-refractivity contribution in [2.45, 2.75) is 11.8 Å². The summed E-state index contributed by atoms with van der Waals surface area (Å²) in [6.07, 6.45) is 0. The van der Waals surface area contributed by atoms with Crippen molar-refractivity contribution >= 4 is 11.8 Å². The molecule has 0 aromatic heterocycles. The molecule has 5 heteroatoms. The van der Waals surface area contributed by atoms with Crippen LogP contribution in [0.3, 0.4) is 0 Å². The number of hydrogen-bond donors (Lipinski definition) is 2. The average Bonchev–Trinajstić information content (AvgIpc) is 2.50.